The van der Waals surface area contributed by atoms with Gasteiger partial charge in [0, 0.05) is 23.4 Å². The number of carbonyl (C=O) groups excluding carboxylic acids is 1. The summed E-state index contributed by atoms with van der Waals surface area (Å²) in [5.74, 6) is -0.204. The highest BCUT2D eigenvalue weighted by Gasteiger charge is 2.40. The molecule has 0 saturated heterocycles. The minimum absolute atomic E-state index is 0.0576. The van der Waals surface area contributed by atoms with Crippen LogP contribution in [-0.4, -0.2) is 10.9 Å². The van der Waals surface area contributed by atoms with Crippen molar-refractivity contribution in [2.75, 3.05) is 15.5 Å². The number of fused-ring (bicyclic) bond motifs is 1. The Bertz CT molecular complexity index is 1520. The molecule has 2 aliphatic rings. The van der Waals surface area contributed by atoms with E-state index in [1.54, 1.807) is 12.1 Å². The third-order valence-electron chi connectivity index (χ3n) is 7.19. The predicted molar refractivity (Wildman–Crippen MR) is 155 cm³/mol. The molecule has 0 radical (unpaired) electrons. The number of hydrogen-bond donors (Lipinski definition) is 2. The van der Waals surface area contributed by atoms with Gasteiger partial charge in [0.15, 0.2) is 10.9 Å². The summed E-state index contributed by atoms with van der Waals surface area (Å²) in [5, 5.41) is 7.42. The van der Waals surface area contributed by atoms with E-state index < -0.39 is 6.04 Å². The molecule has 1 aliphatic carbocycles. The van der Waals surface area contributed by atoms with E-state index in [9.17, 15) is 9.18 Å². The first kappa shape index (κ1) is 24.1. The molecule has 4 nitrogen and oxygen atoms in total. The fourth-order valence-corrected chi connectivity index (χ4v) is 5.76. The maximum Gasteiger partial charge on any atom is 0.178 e. The summed E-state index contributed by atoms with van der Waals surface area (Å²) in [5.41, 5.74) is 6.03. The molecule has 6 heteroatoms. The standard InChI is InChI=1S/C32H26FN3OS/c33-24-17-15-22(16-18-24)31-30-27(19-23(20-29(30)37)21-9-3-1-4-10-21)35-26-13-7-8-14-28(26)36(31)32(38)34-25-11-5-2-6-12-25/h1-18,23,31,35H,19-20H2,(H,34,38). The number of benzene rings is 4. The largest absolute Gasteiger partial charge is 0.357 e. The number of nitrogens with one attached hydrogen (secondary N) is 2. The van der Waals surface area contributed by atoms with Crippen LogP contribution in [0.5, 0.6) is 0 Å². The van der Waals surface area contributed by atoms with Crippen LogP contribution in [0.1, 0.15) is 35.9 Å². The molecule has 4 aromatic rings. The highest BCUT2D eigenvalue weighted by Crippen LogP contribution is 2.47. The molecule has 1 heterocycles. The number of anilines is 3. The summed E-state index contributed by atoms with van der Waals surface area (Å²) in [6.45, 7) is 0. The van der Waals surface area contributed by atoms with Gasteiger partial charge in [0.2, 0.25) is 0 Å². The third-order valence-corrected chi connectivity index (χ3v) is 7.49. The normalized spacial score (nSPS) is 18.7. The molecule has 0 amide bonds. The second-order valence-electron chi connectivity index (χ2n) is 9.59. The maximum atomic E-state index is 14.0. The lowest BCUT2D eigenvalue weighted by Crippen LogP contribution is -2.40. The monoisotopic (exact) mass is 519 g/mol. The number of halogens is 1. The second-order valence-corrected chi connectivity index (χ2v) is 9.98. The fraction of sp³-hybridized carbons (Fsp3) is 0.125. The van der Waals surface area contributed by atoms with Gasteiger partial charge in [0.25, 0.3) is 0 Å². The molecule has 0 saturated carbocycles. The van der Waals surface area contributed by atoms with E-state index in [2.05, 4.69) is 22.8 Å². The summed E-state index contributed by atoms with van der Waals surface area (Å²) in [4.78, 5) is 16.0. The Morgan fingerprint density at radius 3 is 2.21 bits per heavy atom. The van der Waals surface area contributed by atoms with Crippen LogP contribution in [0.15, 0.2) is 120 Å². The van der Waals surface area contributed by atoms with E-state index >= 15 is 0 Å². The number of nitrogens with zero attached hydrogens (tertiary/aromatic N) is 1. The number of ketones is 1. The van der Waals surface area contributed by atoms with Crippen molar-refractivity contribution < 1.29 is 9.18 Å². The molecule has 2 unspecified atom stereocenters. The SMILES string of the molecule is O=C1CC(c2ccccc2)CC2=C1C(c1ccc(F)cc1)N(C(=S)Nc1ccccc1)c1ccccc1N2. The number of thiocarbonyl (C=S) groups is 1. The average molecular weight is 520 g/mol. The molecule has 38 heavy (non-hydrogen) atoms. The Labute approximate surface area is 226 Å². The van der Waals surface area contributed by atoms with E-state index in [0.717, 1.165) is 33.9 Å². The number of para-hydroxylation sites is 3. The molecule has 4 aromatic carbocycles. The quantitative estimate of drug-likeness (QED) is 0.273. The molecule has 188 valence electrons. The van der Waals surface area contributed by atoms with Gasteiger partial charge < -0.3 is 15.5 Å². The number of rotatable bonds is 3. The Kier molecular flexibility index (Phi) is 6.48. The van der Waals surface area contributed by atoms with Crippen molar-refractivity contribution in [3.8, 4) is 0 Å². The molecule has 2 N–H and O–H groups in total. The van der Waals surface area contributed by atoms with Crippen molar-refractivity contribution >= 4 is 40.2 Å². The lowest BCUT2D eigenvalue weighted by atomic mass is 9.78. The molecular weight excluding hydrogens is 493 g/mol. The van der Waals surface area contributed by atoms with Crippen LogP contribution >= 0.6 is 12.2 Å². The van der Waals surface area contributed by atoms with E-state index in [1.807, 2.05) is 77.7 Å². The van der Waals surface area contributed by atoms with Gasteiger partial charge in [-0.2, -0.15) is 0 Å². The summed E-state index contributed by atoms with van der Waals surface area (Å²) < 4.78 is 14.0. The van der Waals surface area contributed by atoms with Gasteiger partial charge in [0.05, 0.1) is 17.4 Å². The van der Waals surface area contributed by atoms with Crippen LogP contribution in [0.2, 0.25) is 0 Å². The number of hydrogen-bond acceptors (Lipinski definition) is 3. The molecule has 0 bridgehead atoms. The van der Waals surface area contributed by atoms with E-state index in [0.29, 0.717) is 23.5 Å². The van der Waals surface area contributed by atoms with Gasteiger partial charge in [-0.25, -0.2) is 4.39 Å². The lowest BCUT2D eigenvalue weighted by molar-refractivity contribution is -0.116. The first-order valence-electron chi connectivity index (χ1n) is 12.7. The van der Waals surface area contributed by atoms with Crippen molar-refractivity contribution in [1.82, 2.24) is 0 Å². The maximum absolute atomic E-state index is 14.0. The summed E-state index contributed by atoms with van der Waals surface area (Å²) in [7, 11) is 0. The summed E-state index contributed by atoms with van der Waals surface area (Å²) in [6, 6.07) is 33.6. The van der Waals surface area contributed by atoms with Crippen LogP contribution < -0.4 is 15.5 Å². The molecule has 1 aliphatic heterocycles. The van der Waals surface area contributed by atoms with E-state index in [4.69, 9.17) is 12.2 Å². The summed E-state index contributed by atoms with van der Waals surface area (Å²) >= 11 is 6.01. The van der Waals surface area contributed by atoms with Crippen molar-refractivity contribution in [3.63, 3.8) is 0 Å². The van der Waals surface area contributed by atoms with Crippen molar-refractivity contribution in [2.45, 2.75) is 24.8 Å². The average Bonchev–Trinajstić information content (AvgIpc) is 3.09. The van der Waals surface area contributed by atoms with E-state index in [-0.39, 0.29) is 17.5 Å². The van der Waals surface area contributed by atoms with Crippen LogP contribution in [0.25, 0.3) is 0 Å². The fourth-order valence-electron chi connectivity index (χ4n) is 5.44. The summed E-state index contributed by atoms with van der Waals surface area (Å²) in [6.07, 6.45) is 1.08. The zero-order valence-corrected chi connectivity index (χ0v) is 21.4. The zero-order chi connectivity index (χ0) is 26.1. The van der Waals surface area contributed by atoms with Crippen LogP contribution in [0.3, 0.4) is 0 Å². The van der Waals surface area contributed by atoms with Gasteiger partial charge in [0.1, 0.15) is 5.82 Å². The minimum atomic E-state index is -0.533. The Morgan fingerprint density at radius 1 is 0.816 bits per heavy atom. The molecule has 0 spiro atoms. The van der Waals surface area contributed by atoms with Gasteiger partial charge in [-0.1, -0.05) is 72.8 Å². The van der Waals surface area contributed by atoms with Gasteiger partial charge in [-0.05, 0) is 72.1 Å². The minimum Gasteiger partial charge on any atom is -0.357 e. The topological polar surface area (TPSA) is 44.4 Å². The highest BCUT2D eigenvalue weighted by atomic mass is 32.1. The smallest absolute Gasteiger partial charge is 0.178 e. The van der Waals surface area contributed by atoms with Gasteiger partial charge in [-0.15, -0.1) is 0 Å². The van der Waals surface area contributed by atoms with Crippen molar-refractivity contribution in [1.29, 1.82) is 0 Å². The van der Waals surface area contributed by atoms with Crippen molar-refractivity contribution in [3.05, 3.63) is 137 Å². The van der Waals surface area contributed by atoms with Crippen molar-refractivity contribution in [2.24, 2.45) is 0 Å². The Balaban J connectivity index is 1.52. The Morgan fingerprint density at radius 2 is 1.47 bits per heavy atom. The third kappa shape index (κ3) is 4.59. The van der Waals surface area contributed by atoms with Crippen LogP contribution in [0.4, 0.5) is 21.5 Å². The molecule has 6 rings (SSSR count). The van der Waals surface area contributed by atoms with Crippen LogP contribution in [-0.2, 0) is 4.79 Å². The molecular formula is C32H26FN3OS. The molecule has 2 atom stereocenters. The zero-order valence-electron chi connectivity index (χ0n) is 20.6. The van der Waals surface area contributed by atoms with Crippen LogP contribution in [0, 0.1) is 5.82 Å². The van der Waals surface area contributed by atoms with Gasteiger partial charge >= 0.3 is 0 Å². The second kappa shape index (κ2) is 10.2. The first-order chi connectivity index (χ1) is 18.6. The lowest BCUT2D eigenvalue weighted by Gasteiger charge is -2.36. The number of Topliss-reactive ketones (excluding diaryl/α,β-unsaturated/α-hetero) is 1. The predicted octanol–water partition coefficient (Wildman–Crippen LogP) is 7.60. The number of carbonyl (C=O) groups is 1. The Hall–Kier alpha value is -4.29. The highest BCUT2D eigenvalue weighted by molar-refractivity contribution is 7.80. The molecule has 0 fully saturated rings. The van der Waals surface area contributed by atoms with E-state index in [1.165, 1.54) is 12.1 Å². The number of allylic oxidation sites excluding steroid dienone is 1. The molecule has 0 aromatic heterocycles. The van der Waals surface area contributed by atoms with Gasteiger partial charge in [-0.3, -0.25) is 4.79 Å². The first-order valence-corrected chi connectivity index (χ1v) is 13.1.